The van der Waals surface area contributed by atoms with E-state index in [-0.39, 0.29) is 5.91 Å². The molecular formula is C10H19N3O. The van der Waals surface area contributed by atoms with Crippen LogP contribution in [0.4, 0.5) is 0 Å². The Morgan fingerprint density at radius 2 is 2.14 bits per heavy atom. The summed E-state index contributed by atoms with van der Waals surface area (Å²) in [5, 5.41) is 1.44. The topological polar surface area (TPSA) is 49.6 Å². The van der Waals surface area contributed by atoms with Crippen molar-refractivity contribution in [1.29, 1.82) is 0 Å². The summed E-state index contributed by atoms with van der Waals surface area (Å²) in [5.41, 5.74) is 0.891. The first kappa shape index (κ1) is 12.7. The number of hydrazine groups is 1. The zero-order valence-corrected chi connectivity index (χ0v) is 9.16. The summed E-state index contributed by atoms with van der Waals surface area (Å²) >= 11 is 0. The molecule has 4 heteroatoms. The molecule has 14 heavy (non-hydrogen) atoms. The normalized spacial score (nSPS) is 11.0. The van der Waals surface area contributed by atoms with Crippen LogP contribution in [0.25, 0.3) is 0 Å². The van der Waals surface area contributed by atoms with Gasteiger partial charge in [0.15, 0.2) is 0 Å². The molecule has 0 aliphatic carbocycles. The van der Waals surface area contributed by atoms with Crippen molar-refractivity contribution in [2.45, 2.75) is 20.3 Å². The maximum atomic E-state index is 11.3. The Balaban J connectivity index is 4.74. The van der Waals surface area contributed by atoms with E-state index in [9.17, 15) is 4.79 Å². The van der Waals surface area contributed by atoms with Crippen LogP contribution in [0.2, 0.25) is 0 Å². The number of hydrogen-bond donors (Lipinski definition) is 1. The first-order valence-corrected chi connectivity index (χ1v) is 4.60. The van der Waals surface area contributed by atoms with Crippen LogP contribution in [0.3, 0.4) is 0 Å². The summed E-state index contributed by atoms with van der Waals surface area (Å²) in [6.07, 6.45) is 4.20. The van der Waals surface area contributed by atoms with Gasteiger partial charge in [0.05, 0.1) is 0 Å². The number of allylic oxidation sites excluding steroid dienone is 1. The molecule has 0 rings (SSSR count). The molecule has 0 fully saturated rings. The standard InChI is InChI=1S/C10H19N3O/c1-5-7-13(9(3)14)10(6-2)8-12(4)11/h5,8H,1,6-7,11H2,2-4H3/b10-8-. The number of carbonyl (C=O) groups is 1. The summed E-state index contributed by atoms with van der Waals surface area (Å²) in [6.45, 7) is 7.64. The lowest BCUT2D eigenvalue weighted by atomic mass is 10.3. The van der Waals surface area contributed by atoms with E-state index in [0.717, 1.165) is 12.1 Å². The van der Waals surface area contributed by atoms with Crippen molar-refractivity contribution >= 4 is 5.91 Å². The minimum absolute atomic E-state index is 0.000139. The molecule has 0 aromatic heterocycles. The Morgan fingerprint density at radius 3 is 2.43 bits per heavy atom. The number of nitrogens with two attached hydrogens (primary N) is 1. The Hall–Kier alpha value is -1.29. The van der Waals surface area contributed by atoms with E-state index in [1.165, 1.54) is 11.9 Å². The minimum Gasteiger partial charge on any atom is -0.320 e. The molecular weight excluding hydrogens is 178 g/mol. The highest BCUT2D eigenvalue weighted by Gasteiger charge is 2.10. The van der Waals surface area contributed by atoms with Crippen LogP contribution in [0.15, 0.2) is 24.6 Å². The van der Waals surface area contributed by atoms with Crippen LogP contribution in [0.5, 0.6) is 0 Å². The molecule has 0 atom stereocenters. The summed E-state index contributed by atoms with van der Waals surface area (Å²) in [7, 11) is 1.72. The smallest absolute Gasteiger partial charge is 0.223 e. The van der Waals surface area contributed by atoms with Gasteiger partial charge < -0.3 is 9.91 Å². The van der Waals surface area contributed by atoms with Gasteiger partial charge in [-0.25, -0.2) is 5.84 Å². The van der Waals surface area contributed by atoms with Crippen molar-refractivity contribution in [1.82, 2.24) is 9.91 Å². The maximum absolute atomic E-state index is 11.3. The number of rotatable bonds is 5. The van der Waals surface area contributed by atoms with E-state index in [2.05, 4.69) is 6.58 Å². The molecule has 0 aliphatic rings. The van der Waals surface area contributed by atoms with Gasteiger partial charge in [-0.05, 0) is 6.42 Å². The highest BCUT2D eigenvalue weighted by Crippen LogP contribution is 2.09. The largest absolute Gasteiger partial charge is 0.320 e. The fraction of sp³-hybridized carbons (Fsp3) is 0.500. The maximum Gasteiger partial charge on any atom is 0.223 e. The van der Waals surface area contributed by atoms with Crippen molar-refractivity contribution in [3.8, 4) is 0 Å². The number of hydrogen-bond acceptors (Lipinski definition) is 3. The Labute approximate surface area is 85.6 Å². The van der Waals surface area contributed by atoms with Crippen molar-refractivity contribution in [2.24, 2.45) is 5.84 Å². The fourth-order valence-corrected chi connectivity index (χ4v) is 1.16. The van der Waals surface area contributed by atoms with Gasteiger partial charge >= 0.3 is 0 Å². The lowest BCUT2D eigenvalue weighted by Crippen LogP contribution is -2.30. The predicted octanol–water partition coefficient (Wildman–Crippen LogP) is 1.08. The zero-order chi connectivity index (χ0) is 11.1. The first-order chi connectivity index (χ1) is 6.52. The lowest BCUT2D eigenvalue weighted by molar-refractivity contribution is -0.126. The molecule has 0 unspecified atom stereocenters. The summed E-state index contributed by atoms with van der Waals surface area (Å²) in [6, 6.07) is 0. The van der Waals surface area contributed by atoms with Crippen LogP contribution in [0, 0.1) is 0 Å². The van der Waals surface area contributed by atoms with Crippen LogP contribution in [0.1, 0.15) is 20.3 Å². The highest BCUT2D eigenvalue weighted by molar-refractivity contribution is 5.75. The van der Waals surface area contributed by atoms with Crippen molar-refractivity contribution in [2.75, 3.05) is 13.6 Å². The fourth-order valence-electron chi connectivity index (χ4n) is 1.16. The van der Waals surface area contributed by atoms with Crippen molar-refractivity contribution in [3.05, 3.63) is 24.6 Å². The number of nitrogens with zero attached hydrogens (tertiary/aromatic N) is 2. The molecule has 0 saturated carbocycles. The highest BCUT2D eigenvalue weighted by atomic mass is 16.2. The first-order valence-electron chi connectivity index (χ1n) is 4.60. The number of carbonyl (C=O) groups excluding carboxylic acids is 1. The van der Waals surface area contributed by atoms with Gasteiger partial charge in [0.2, 0.25) is 5.91 Å². The van der Waals surface area contributed by atoms with Crippen molar-refractivity contribution < 1.29 is 4.79 Å². The minimum atomic E-state index is -0.000139. The van der Waals surface area contributed by atoms with E-state index >= 15 is 0 Å². The molecule has 2 N–H and O–H groups in total. The molecule has 0 bridgehead atoms. The van der Waals surface area contributed by atoms with E-state index in [0.29, 0.717) is 6.54 Å². The molecule has 4 nitrogen and oxygen atoms in total. The molecule has 1 amide bonds. The SMILES string of the molecule is C=CCN(C(C)=O)/C(=C\N(C)N)CC. The quantitative estimate of drug-likeness (QED) is 0.407. The second kappa shape index (κ2) is 6.21. The average molecular weight is 197 g/mol. The lowest BCUT2D eigenvalue weighted by Gasteiger charge is -2.23. The monoisotopic (exact) mass is 197 g/mol. The Bertz CT molecular complexity index is 234. The van der Waals surface area contributed by atoms with Gasteiger partial charge in [-0.2, -0.15) is 0 Å². The predicted molar refractivity (Wildman–Crippen MR) is 57.9 cm³/mol. The Morgan fingerprint density at radius 1 is 1.57 bits per heavy atom. The van der Waals surface area contributed by atoms with Crippen LogP contribution in [-0.2, 0) is 4.79 Å². The van der Waals surface area contributed by atoms with Crippen LogP contribution < -0.4 is 5.84 Å². The average Bonchev–Trinajstić information content (AvgIpc) is 2.10. The van der Waals surface area contributed by atoms with Crippen LogP contribution in [-0.4, -0.2) is 29.4 Å². The third-order valence-corrected chi connectivity index (χ3v) is 1.75. The third-order valence-electron chi connectivity index (χ3n) is 1.75. The summed E-state index contributed by atoms with van der Waals surface area (Å²) < 4.78 is 0. The second-order valence-corrected chi connectivity index (χ2v) is 3.06. The zero-order valence-electron chi connectivity index (χ0n) is 9.16. The third kappa shape index (κ3) is 4.09. The molecule has 0 spiro atoms. The molecule has 0 aliphatic heterocycles. The summed E-state index contributed by atoms with van der Waals surface area (Å²) in [5.74, 6) is 5.50. The molecule has 0 aromatic rings. The Kier molecular flexibility index (Phi) is 5.64. The van der Waals surface area contributed by atoms with Gasteiger partial charge in [0.25, 0.3) is 0 Å². The molecule has 0 saturated heterocycles. The van der Waals surface area contributed by atoms with Gasteiger partial charge in [-0.15, -0.1) is 6.58 Å². The molecule has 0 aromatic carbocycles. The van der Waals surface area contributed by atoms with Crippen molar-refractivity contribution in [3.63, 3.8) is 0 Å². The van der Waals surface area contributed by atoms with Gasteiger partial charge in [-0.3, -0.25) is 4.79 Å². The van der Waals surface area contributed by atoms with Gasteiger partial charge in [0, 0.05) is 32.4 Å². The van der Waals surface area contributed by atoms with E-state index in [4.69, 9.17) is 5.84 Å². The summed E-state index contributed by atoms with van der Waals surface area (Å²) in [4.78, 5) is 12.9. The van der Waals surface area contributed by atoms with Gasteiger partial charge in [-0.1, -0.05) is 13.0 Å². The van der Waals surface area contributed by atoms with E-state index < -0.39 is 0 Å². The van der Waals surface area contributed by atoms with Crippen LogP contribution >= 0.6 is 0 Å². The second-order valence-electron chi connectivity index (χ2n) is 3.06. The molecule has 0 radical (unpaired) electrons. The van der Waals surface area contributed by atoms with E-state index in [1.54, 1.807) is 24.2 Å². The molecule has 80 valence electrons. The molecule has 0 heterocycles. The number of amides is 1. The van der Waals surface area contributed by atoms with Gasteiger partial charge in [0.1, 0.15) is 0 Å². The van der Waals surface area contributed by atoms with E-state index in [1.807, 2.05) is 6.92 Å².